The van der Waals surface area contributed by atoms with E-state index in [0.29, 0.717) is 12.1 Å². The van der Waals surface area contributed by atoms with Crippen LogP contribution in [0.25, 0.3) is 0 Å². The highest BCUT2D eigenvalue weighted by Gasteiger charge is 2.29. The van der Waals surface area contributed by atoms with E-state index in [1.807, 2.05) is 39.8 Å². The summed E-state index contributed by atoms with van der Waals surface area (Å²) in [4.78, 5) is 13.4. The van der Waals surface area contributed by atoms with Gasteiger partial charge in [0.15, 0.2) is 0 Å². The van der Waals surface area contributed by atoms with Gasteiger partial charge in [0.25, 0.3) is 5.91 Å². The molecule has 0 aliphatic carbocycles. The molecule has 1 aliphatic heterocycles. The number of carbonyl (C=O) groups is 1. The predicted octanol–water partition coefficient (Wildman–Crippen LogP) is 3.45. The summed E-state index contributed by atoms with van der Waals surface area (Å²) < 4.78 is 0. The lowest BCUT2D eigenvalue weighted by Crippen LogP contribution is -2.24. The summed E-state index contributed by atoms with van der Waals surface area (Å²) in [6, 6.07) is 0. The van der Waals surface area contributed by atoms with Gasteiger partial charge in [0.2, 0.25) is 0 Å². The van der Waals surface area contributed by atoms with E-state index in [-0.39, 0.29) is 5.91 Å². The molecule has 1 amide bonds. The van der Waals surface area contributed by atoms with Crippen molar-refractivity contribution < 1.29 is 4.79 Å². The zero-order chi connectivity index (χ0) is 12.7. The number of rotatable bonds is 3. The van der Waals surface area contributed by atoms with Crippen LogP contribution >= 0.6 is 0 Å². The molecule has 0 aromatic heterocycles. The maximum Gasteiger partial charge on any atom is 0.258 e. The van der Waals surface area contributed by atoms with Crippen molar-refractivity contribution in [2.75, 3.05) is 6.54 Å². The van der Waals surface area contributed by atoms with Crippen molar-refractivity contribution in [3.63, 3.8) is 0 Å². The van der Waals surface area contributed by atoms with Crippen molar-refractivity contribution in [2.24, 2.45) is 0 Å². The number of carbonyl (C=O) groups excluding carboxylic acids is 1. The van der Waals surface area contributed by atoms with Gasteiger partial charge in [-0.15, -0.1) is 0 Å². The van der Waals surface area contributed by atoms with Crippen molar-refractivity contribution >= 4 is 5.91 Å². The van der Waals surface area contributed by atoms with E-state index >= 15 is 0 Å². The van der Waals surface area contributed by atoms with Crippen LogP contribution in [0.4, 0.5) is 0 Å². The fraction of sp³-hybridized carbons (Fsp3) is 0.357. The highest BCUT2D eigenvalue weighted by Crippen LogP contribution is 2.29. The van der Waals surface area contributed by atoms with E-state index in [1.54, 1.807) is 11.0 Å². The van der Waals surface area contributed by atoms with E-state index < -0.39 is 0 Å². The number of amides is 1. The number of allylic oxidation sites excluding steroid dienone is 2. The van der Waals surface area contributed by atoms with E-state index in [0.717, 1.165) is 11.3 Å². The van der Waals surface area contributed by atoms with Gasteiger partial charge in [-0.25, -0.2) is 0 Å². The molecule has 88 valence electrons. The van der Waals surface area contributed by atoms with Crippen LogP contribution < -0.4 is 0 Å². The van der Waals surface area contributed by atoms with Crippen LogP contribution in [0.15, 0.2) is 48.2 Å². The average molecular weight is 219 g/mol. The second-order valence-corrected chi connectivity index (χ2v) is 3.03. The maximum atomic E-state index is 11.8. The van der Waals surface area contributed by atoms with Crippen molar-refractivity contribution in [1.29, 1.82) is 0 Å². The molecule has 0 radical (unpaired) electrons. The molecule has 16 heavy (non-hydrogen) atoms. The molecule has 0 N–H and O–H groups in total. The summed E-state index contributed by atoms with van der Waals surface area (Å²) in [6.07, 6.45) is 5.39. The first-order valence-corrected chi connectivity index (χ1v) is 5.67. The molecule has 2 nitrogen and oxygen atoms in total. The largest absolute Gasteiger partial charge is 0.309 e. The first kappa shape index (κ1) is 14.4. The van der Waals surface area contributed by atoms with Crippen LogP contribution in [0.3, 0.4) is 0 Å². The molecule has 1 heterocycles. The van der Waals surface area contributed by atoms with Crippen LogP contribution in [-0.2, 0) is 4.79 Å². The van der Waals surface area contributed by atoms with E-state index in [1.165, 1.54) is 0 Å². The minimum atomic E-state index is 0.000556. The fourth-order valence-electron chi connectivity index (χ4n) is 1.57. The number of hydrogen-bond donors (Lipinski definition) is 0. The molecule has 0 fully saturated rings. The maximum absolute atomic E-state index is 11.8. The van der Waals surface area contributed by atoms with Crippen LogP contribution in [0, 0.1) is 0 Å². The highest BCUT2D eigenvalue weighted by atomic mass is 16.2. The summed E-state index contributed by atoms with van der Waals surface area (Å²) in [5.41, 5.74) is 2.30. The highest BCUT2D eigenvalue weighted by molar-refractivity contribution is 6.03. The van der Waals surface area contributed by atoms with Gasteiger partial charge in [0.05, 0.1) is 0 Å². The molecule has 0 atom stereocenters. The van der Waals surface area contributed by atoms with Crippen molar-refractivity contribution in [3.05, 3.63) is 48.2 Å². The van der Waals surface area contributed by atoms with Gasteiger partial charge in [-0.3, -0.25) is 4.79 Å². The summed E-state index contributed by atoms with van der Waals surface area (Å²) in [7, 11) is 0. The van der Waals surface area contributed by atoms with Gasteiger partial charge in [-0.2, -0.15) is 0 Å². The number of nitrogens with zero attached hydrogens (tertiary/aromatic N) is 1. The van der Waals surface area contributed by atoms with Gasteiger partial charge >= 0.3 is 0 Å². The quantitative estimate of drug-likeness (QED) is 0.712. The third kappa shape index (κ3) is 2.51. The molecular formula is C14H21NO. The molecule has 0 saturated carbocycles. The molecule has 0 saturated heterocycles. The topological polar surface area (TPSA) is 20.3 Å². The second kappa shape index (κ2) is 6.83. The summed E-state index contributed by atoms with van der Waals surface area (Å²) in [5, 5.41) is 0. The van der Waals surface area contributed by atoms with E-state index in [9.17, 15) is 4.79 Å². The zero-order valence-electron chi connectivity index (χ0n) is 10.7. The lowest BCUT2D eigenvalue weighted by molar-refractivity contribution is -0.123. The Kier molecular flexibility index (Phi) is 6.16. The Morgan fingerprint density at radius 2 is 1.88 bits per heavy atom. The third-order valence-electron chi connectivity index (χ3n) is 2.26. The number of hydrogen-bond acceptors (Lipinski definition) is 1. The SMILES string of the molecule is C=CC1=C(/C=C\C)C(=C)N(CC)C1=O.CC. The van der Waals surface area contributed by atoms with E-state index in [4.69, 9.17) is 0 Å². The van der Waals surface area contributed by atoms with Gasteiger partial charge in [0, 0.05) is 23.4 Å². The average Bonchev–Trinajstić information content (AvgIpc) is 2.54. The molecule has 0 aromatic carbocycles. The molecule has 0 unspecified atom stereocenters. The fourth-order valence-corrected chi connectivity index (χ4v) is 1.57. The smallest absolute Gasteiger partial charge is 0.258 e. The number of likely N-dealkylation sites (N-methyl/N-ethyl adjacent to an activating group) is 1. The normalized spacial score (nSPS) is 15.6. The summed E-state index contributed by atoms with van der Waals surface area (Å²) in [6.45, 7) is 16.1. The Bertz CT molecular complexity index is 348. The van der Waals surface area contributed by atoms with Gasteiger partial charge in [-0.1, -0.05) is 45.2 Å². The molecule has 1 aliphatic rings. The summed E-state index contributed by atoms with van der Waals surface area (Å²) >= 11 is 0. The van der Waals surface area contributed by atoms with Crippen molar-refractivity contribution in [3.8, 4) is 0 Å². The molecule has 0 spiro atoms. The van der Waals surface area contributed by atoms with Crippen molar-refractivity contribution in [2.45, 2.75) is 27.7 Å². The Hall–Kier alpha value is -1.57. The Balaban J connectivity index is 0.00000106. The molecular weight excluding hydrogens is 198 g/mol. The predicted molar refractivity (Wildman–Crippen MR) is 69.9 cm³/mol. The van der Waals surface area contributed by atoms with Gasteiger partial charge in [-0.05, 0) is 13.8 Å². The van der Waals surface area contributed by atoms with Crippen molar-refractivity contribution in [1.82, 2.24) is 4.90 Å². The zero-order valence-corrected chi connectivity index (χ0v) is 10.7. The third-order valence-corrected chi connectivity index (χ3v) is 2.26. The molecule has 0 aromatic rings. The van der Waals surface area contributed by atoms with Crippen LogP contribution in [0.2, 0.25) is 0 Å². The molecule has 1 rings (SSSR count). The second-order valence-electron chi connectivity index (χ2n) is 3.03. The molecule has 0 bridgehead atoms. The van der Waals surface area contributed by atoms with Crippen LogP contribution in [0.1, 0.15) is 27.7 Å². The Morgan fingerprint density at radius 1 is 1.31 bits per heavy atom. The first-order chi connectivity index (χ1) is 7.67. The minimum absolute atomic E-state index is 0.000556. The minimum Gasteiger partial charge on any atom is -0.309 e. The standard InChI is InChI=1S/C12H15NO.C2H6/c1-5-8-11-9(4)13(7-3)12(14)10(11)6-2;1-2/h5-6,8H,2,4,7H2,1,3H3;1-2H3/b8-5-;. The first-order valence-electron chi connectivity index (χ1n) is 5.67. The van der Waals surface area contributed by atoms with Crippen LogP contribution in [-0.4, -0.2) is 17.4 Å². The lowest BCUT2D eigenvalue weighted by atomic mass is 10.1. The van der Waals surface area contributed by atoms with Gasteiger partial charge in [0.1, 0.15) is 0 Å². The monoisotopic (exact) mass is 219 g/mol. The van der Waals surface area contributed by atoms with Crippen LogP contribution in [0.5, 0.6) is 0 Å². The molecule has 2 heteroatoms. The summed E-state index contributed by atoms with van der Waals surface area (Å²) in [5.74, 6) is 0.000556. The lowest BCUT2D eigenvalue weighted by Gasteiger charge is -2.15. The Labute approximate surface area is 98.6 Å². The Morgan fingerprint density at radius 3 is 2.25 bits per heavy atom. The van der Waals surface area contributed by atoms with E-state index in [2.05, 4.69) is 13.2 Å². The van der Waals surface area contributed by atoms with Gasteiger partial charge < -0.3 is 4.90 Å².